The van der Waals surface area contributed by atoms with Crippen LogP contribution in [-0.4, -0.2) is 90.5 Å². The molecule has 0 bridgehead atoms. The van der Waals surface area contributed by atoms with E-state index in [0.29, 0.717) is 42.4 Å². The molecule has 2 aromatic rings. The lowest BCUT2D eigenvalue weighted by atomic mass is 9.74. The molecule has 2 aliphatic rings. The minimum atomic E-state index is -0.658. The largest absolute Gasteiger partial charge is 0.507 e. The molecule has 0 aromatic heterocycles. The van der Waals surface area contributed by atoms with Crippen LogP contribution in [0.15, 0.2) is 18.2 Å². The highest BCUT2D eigenvalue weighted by Gasteiger charge is 2.40. The van der Waals surface area contributed by atoms with Crippen LogP contribution in [0.2, 0.25) is 0 Å². The number of nitrogens with zero attached hydrogens (tertiary/aromatic N) is 1. The molecule has 0 saturated heterocycles. The maximum Gasteiger partial charge on any atom is 0.248 e. The molecule has 210 valence electrons. The summed E-state index contributed by atoms with van der Waals surface area (Å²) < 4.78 is 4.77. The number of aromatic hydroxyl groups is 2. The number of fused-ring (bicyclic) bond motifs is 3. The zero-order chi connectivity index (χ0) is 28.9. The Balaban J connectivity index is 0.000000276. The lowest BCUT2D eigenvalue weighted by Crippen LogP contribution is -2.35. The van der Waals surface area contributed by atoms with E-state index in [4.69, 9.17) is 4.74 Å². The molecule has 0 saturated carbocycles. The number of hydrogen-bond acceptors (Lipinski definition) is 9. The van der Waals surface area contributed by atoms with E-state index in [2.05, 4.69) is 5.32 Å². The summed E-state index contributed by atoms with van der Waals surface area (Å²) in [6.45, 7) is 5.06. The lowest BCUT2D eigenvalue weighted by molar-refractivity contribution is -0.135. The van der Waals surface area contributed by atoms with Gasteiger partial charge in [0.2, 0.25) is 5.91 Å². The second-order valence-electron chi connectivity index (χ2n) is 9.79. The first kappa shape index (κ1) is 29.9. The van der Waals surface area contributed by atoms with Crippen molar-refractivity contribution in [2.75, 3.05) is 40.4 Å². The first-order valence-corrected chi connectivity index (χ1v) is 13.0. The van der Waals surface area contributed by atoms with Gasteiger partial charge in [-0.1, -0.05) is 32.0 Å². The molecule has 1 amide bonds. The average Bonchev–Trinajstić information content (AvgIpc) is 2.91. The van der Waals surface area contributed by atoms with Crippen molar-refractivity contribution in [3.05, 3.63) is 57.1 Å². The van der Waals surface area contributed by atoms with Gasteiger partial charge in [0, 0.05) is 48.8 Å². The molecule has 10 heteroatoms. The SMILES string of the molecule is CCc1cccc2c1C(=O)c1c(O)c3c(c(O)c1C2=O)CC(O)CC3C.CNCCN(C)C(=O)COCC=O. The van der Waals surface area contributed by atoms with Crippen LogP contribution in [0.1, 0.15) is 74.7 Å². The Morgan fingerprint density at radius 1 is 1.15 bits per heavy atom. The number of ether oxygens (including phenoxy) is 1. The van der Waals surface area contributed by atoms with Crippen LogP contribution in [0, 0.1) is 0 Å². The number of phenolic OH excluding ortho intramolecular Hbond substituents is 2. The number of likely N-dealkylation sites (N-methyl/N-ethyl adjacent to an activating group) is 2. The zero-order valence-corrected chi connectivity index (χ0v) is 22.7. The second kappa shape index (κ2) is 13.0. The number of aldehydes is 1. The van der Waals surface area contributed by atoms with E-state index in [1.807, 2.05) is 20.9 Å². The third-order valence-corrected chi connectivity index (χ3v) is 7.14. The zero-order valence-electron chi connectivity index (χ0n) is 22.7. The number of carbonyl (C=O) groups excluding carboxylic acids is 4. The van der Waals surface area contributed by atoms with Gasteiger partial charge in [0.05, 0.1) is 17.2 Å². The summed E-state index contributed by atoms with van der Waals surface area (Å²) in [5.74, 6) is -1.76. The number of carbonyl (C=O) groups is 4. The van der Waals surface area contributed by atoms with Crippen LogP contribution < -0.4 is 5.32 Å². The molecule has 4 rings (SSSR count). The Labute approximate surface area is 227 Å². The smallest absolute Gasteiger partial charge is 0.248 e. The van der Waals surface area contributed by atoms with Crippen molar-refractivity contribution < 1.29 is 39.2 Å². The minimum Gasteiger partial charge on any atom is -0.507 e. The van der Waals surface area contributed by atoms with Gasteiger partial charge in [-0.2, -0.15) is 0 Å². The highest BCUT2D eigenvalue weighted by Crippen LogP contribution is 2.49. The van der Waals surface area contributed by atoms with E-state index in [1.165, 1.54) is 0 Å². The Morgan fingerprint density at radius 2 is 1.85 bits per heavy atom. The van der Waals surface area contributed by atoms with Gasteiger partial charge in [-0.05, 0) is 31.4 Å². The summed E-state index contributed by atoms with van der Waals surface area (Å²) in [5.41, 5.74) is 1.88. The molecule has 2 atom stereocenters. The van der Waals surface area contributed by atoms with Gasteiger partial charge in [-0.3, -0.25) is 14.4 Å². The fraction of sp³-hybridized carbons (Fsp3) is 0.448. The van der Waals surface area contributed by atoms with Crippen LogP contribution >= 0.6 is 0 Å². The molecule has 0 radical (unpaired) electrons. The molecule has 2 unspecified atom stereocenters. The number of benzene rings is 2. The Bertz CT molecular complexity index is 1270. The van der Waals surface area contributed by atoms with Gasteiger partial charge in [-0.25, -0.2) is 0 Å². The lowest BCUT2D eigenvalue weighted by Gasteiger charge is -2.31. The van der Waals surface area contributed by atoms with Gasteiger partial charge in [0.1, 0.15) is 31.0 Å². The number of amides is 1. The number of aliphatic hydroxyl groups is 1. The molecule has 4 N–H and O–H groups in total. The molecule has 10 nitrogen and oxygen atoms in total. The predicted molar refractivity (Wildman–Crippen MR) is 144 cm³/mol. The van der Waals surface area contributed by atoms with E-state index in [1.54, 1.807) is 30.1 Å². The van der Waals surface area contributed by atoms with Crippen LogP contribution in [0.4, 0.5) is 0 Å². The van der Waals surface area contributed by atoms with Crippen molar-refractivity contribution in [3.8, 4) is 11.5 Å². The predicted octanol–water partition coefficient (Wildman–Crippen LogP) is 1.73. The molecule has 2 aliphatic carbocycles. The highest BCUT2D eigenvalue weighted by molar-refractivity contribution is 6.31. The maximum atomic E-state index is 13.2. The molecular formula is C29H36N2O8. The van der Waals surface area contributed by atoms with Crippen molar-refractivity contribution in [2.24, 2.45) is 0 Å². The van der Waals surface area contributed by atoms with E-state index in [9.17, 15) is 34.5 Å². The van der Waals surface area contributed by atoms with Crippen molar-refractivity contribution in [2.45, 2.75) is 45.1 Å². The molecule has 0 heterocycles. The molecule has 0 fully saturated rings. The molecule has 0 spiro atoms. The standard InChI is InChI=1S/C21H20O5.C8H16N2O3/c1-3-10-5-4-6-12-15(10)21(26)17-16(18(12)23)19(24)13-8-11(22)7-9(2)14(13)20(17)25;1-9-3-4-10(2)8(12)7-13-6-5-11/h4-6,9,11,22,24-25H,3,7-8H2,1-2H3;5,9H,3-4,6-7H2,1-2H3. The normalized spacial score (nSPS) is 17.4. The van der Waals surface area contributed by atoms with Crippen molar-refractivity contribution in [1.82, 2.24) is 10.2 Å². The second-order valence-corrected chi connectivity index (χ2v) is 9.79. The van der Waals surface area contributed by atoms with E-state index in [-0.39, 0.29) is 59.6 Å². The van der Waals surface area contributed by atoms with E-state index in [0.717, 1.165) is 12.1 Å². The van der Waals surface area contributed by atoms with Crippen LogP contribution in [0.25, 0.3) is 0 Å². The van der Waals surface area contributed by atoms with E-state index >= 15 is 0 Å². The number of ketones is 2. The van der Waals surface area contributed by atoms with Gasteiger partial charge in [0.25, 0.3) is 0 Å². The first-order chi connectivity index (χ1) is 18.6. The quantitative estimate of drug-likeness (QED) is 0.190. The van der Waals surface area contributed by atoms with Crippen molar-refractivity contribution in [3.63, 3.8) is 0 Å². The number of aryl methyl sites for hydroxylation is 1. The fourth-order valence-corrected chi connectivity index (χ4v) is 5.14. The first-order valence-electron chi connectivity index (χ1n) is 13.0. The summed E-state index contributed by atoms with van der Waals surface area (Å²) >= 11 is 0. The van der Waals surface area contributed by atoms with Crippen molar-refractivity contribution in [1.29, 1.82) is 0 Å². The third kappa shape index (κ3) is 6.03. The third-order valence-electron chi connectivity index (χ3n) is 7.14. The summed E-state index contributed by atoms with van der Waals surface area (Å²) in [4.78, 5) is 48.9. The number of aliphatic hydroxyl groups excluding tert-OH is 1. The summed E-state index contributed by atoms with van der Waals surface area (Å²) in [7, 11) is 3.52. The monoisotopic (exact) mass is 540 g/mol. The highest BCUT2D eigenvalue weighted by atomic mass is 16.5. The average molecular weight is 541 g/mol. The summed E-state index contributed by atoms with van der Waals surface area (Å²) in [6, 6.07) is 5.09. The van der Waals surface area contributed by atoms with E-state index < -0.39 is 17.7 Å². The number of rotatable bonds is 8. The van der Waals surface area contributed by atoms with Gasteiger partial charge < -0.3 is 35.1 Å². The van der Waals surface area contributed by atoms with Gasteiger partial charge >= 0.3 is 0 Å². The topological polar surface area (TPSA) is 153 Å². The maximum absolute atomic E-state index is 13.2. The molecular weight excluding hydrogens is 504 g/mol. The minimum absolute atomic E-state index is 0.0222. The van der Waals surface area contributed by atoms with Gasteiger partial charge in [0.15, 0.2) is 11.6 Å². The Morgan fingerprint density at radius 3 is 2.49 bits per heavy atom. The fourth-order valence-electron chi connectivity index (χ4n) is 5.14. The summed E-state index contributed by atoms with van der Waals surface area (Å²) in [6.07, 6.45) is 1.13. The number of hydrogen-bond donors (Lipinski definition) is 4. The van der Waals surface area contributed by atoms with Crippen LogP contribution in [0.3, 0.4) is 0 Å². The van der Waals surface area contributed by atoms with Gasteiger partial charge in [-0.15, -0.1) is 0 Å². The molecule has 0 aliphatic heterocycles. The molecule has 2 aromatic carbocycles. The summed E-state index contributed by atoms with van der Waals surface area (Å²) in [5, 5.41) is 34.6. The molecule has 39 heavy (non-hydrogen) atoms. The Hall–Kier alpha value is -3.60. The van der Waals surface area contributed by atoms with Crippen LogP contribution in [0.5, 0.6) is 11.5 Å². The number of nitrogens with one attached hydrogen (secondary N) is 1. The van der Waals surface area contributed by atoms with Crippen LogP contribution in [-0.2, 0) is 27.2 Å². The number of phenols is 2. The van der Waals surface area contributed by atoms with Crippen molar-refractivity contribution >= 4 is 23.8 Å². The Kier molecular flexibility index (Phi) is 9.96.